The molecule has 0 aliphatic carbocycles. The van der Waals surface area contributed by atoms with Gasteiger partial charge in [-0.1, -0.05) is 49.0 Å². The first-order valence-electron chi connectivity index (χ1n) is 5.60. The Labute approximate surface area is 101 Å². The molecule has 0 atom stereocenters. The first-order chi connectivity index (χ1) is 7.83. The average Bonchev–Trinajstić information content (AvgIpc) is 2.30. The molecule has 1 aromatic rings. The second-order valence-corrected chi connectivity index (χ2v) is 4.72. The van der Waals surface area contributed by atoms with E-state index in [0.29, 0.717) is 19.6 Å². The van der Waals surface area contributed by atoms with Crippen LogP contribution < -0.4 is 0 Å². The Kier molecular flexibility index (Phi) is 6.93. The molecule has 16 heavy (non-hydrogen) atoms. The van der Waals surface area contributed by atoms with Crippen molar-refractivity contribution in [3.63, 3.8) is 0 Å². The van der Waals surface area contributed by atoms with Gasteiger partial charge in [-0.15, -0.1) is 0 Å². The largest absolute Gasteiger partial charge is 0.381 e. The molecule has 1 rings (SSSR count). The molecule has 0 aromatic heterocycles. The van der Waals surface area contributed by atoms with Crippen LogP contribution >= 0.6 is 11.8 Å². The van der Waals surface area contributed by atoms with Crippen LogP contribution in [0.15, 0.2) is 30.3 Å². The summed E-state index contributed by atoms with van der Waals surface area (Å²) in [6.07, 6.45) is 1.43. The summed E-state index contributed by atoms with van der Waals surface area (Å²) >= 11 is 1.37. The van der Waals surface area contributed by atoms with Crippen molar-refractivity contribution >= 4 is 16.9 Å². The molecule has 0 aliphatic heterocycles. The Morgan fingerprint density at radius 2 is 2.00 bits per heavy atom. The first-order valence-corrected chi connectivity index (χ1v) is 6.58. The van der Waals surface area contributed by atoms with Gasteiger partial charge >= 0.3 is 0 Å². The second-order valence-electron chi connectivity index (χ2n) is 3.40. The Morgan fingerprint density at radius 3 is 2.69 bits per heavy atom. The first kappa shape index (κ1) is 13.3. The monoisotopic (exact) mass is 238 g/mol. The van der Waals surface area contributed by atoms with Crippen molar-refractivity contribution in [3.8, 4) is 0 Å². The number of thioether (sulfide) groups is 1. The molecule has 0 N–H and O–H groups in total. The van der Waals surface area contributed by atoms with Crippen LogP contribution in [0.4, 0.5) is 0 Å². The molecule has 0 aliphatic rings. The van der Waals surface area contributed by atoms with Crippen molar-refractivity contribution in [2.75, 3.05) is 19.0 Å². The number of hydrogen-bond acceptors (Lipinski definition) is 3. The van der Waals surface area contributed by atoms with E-state index < -0.39 is 0 Å². The van der Waals surface area contributed by atoms with E-state index in [4.69, 9.17) is 4.74 Å². The Bertz CT molecular complexity index is 298. The molecule has 0 saturated carbocycles. The van der Waals surface area contributed by atoms with Gasteiger partial charge in [0.05, 0.1) is 13.2 Å². The molecule has 0 bridgehead atoms. The summed E-state index contributed by atoms with van der Waals surface area (Å²) in [6, 6.07) is 10.2. The van der Waals surface area contributed by atoms with E-state index in [2.05, 4.69) is 12.1 Å². The van der Waals surface area contributed by atoms with Crippen molar-refractivity contribution < 1.29 is 9.53 Å². The number of rotatable bonds is 7. The summed E-state index contributed by atoms with van der Waals surface area (Å²) in [5, 5.41) is 0.224. The molecule has 88 valence electrons. The molecular formula is C13H18O2S. The number of hydrogen-bond donors (Lipinski definition) is 0. The Morgan fingerprint density at radius 1 is 1.25 bits per heavy atom. The highest BCUT2D eigenvalue weighted by Crippen LogP contribution is 2.04. The fourth-order valence-corrected chi connectivity index (χ4v) is 1.88. The quantitative estimate of drug-likeness (QED) is 0.683. The molecule has 1 aromatic carbocycles. The lowest BCUT2D eigenvalue weighted by molar-refractivity contribution is -0.111. The zero-order valence-electron chi connectivity index (χ0n) is 9.65. The van der Waals surface area contributed by atoms with Gasteiger partial charge < -0.3 is 4.74 Å². The lowest BCUT2D eigenvalue weighted by Gasteiger charge is -2.03. The zero-order chi connectivity index (χ0) is 11.6. The maximum atomic E-state index is 11.2. The standard InChI is InChI=1S/C13H18O2S/c1-2-16-13(14)9-11-15-10-8-12-6-4-3-5-7-12/h3-7H,2,8-11H2,1H3. The van der Waals surface area contributed by atoms with Crippen molar-refractivity contribution in [2.24, 2.45) is 0 Å². The van der Waals surface area contributed by atoms with Gasteiger partial charge in [-0.05, 0) is 17.7 Å². The number of benzene rings is 1. The molecule has 0 unspecified atom stereocenters. The maximum Gasteiger partial charge on any atom is 0.191 e. The fourth-order valence-electron chi connectivity index (χ4n) is 1.33. The minimum absolute atomic E-state index is 0.224. The molecule has 0 radical (unpaired) electrons. The van der Waals surface area contributed by atoms with Gasteiger partial charge in [0, 0.05) is 6.42 Å². The van der Waals surface area contributed by atoms with E-state index in [-0.39, 0.29) is 5.12 Å². The molecule has 0 fully saturated rings. The van der Waals surface area contributed by atoms with Gasteiger partial charge in [0.2, 0.25) is 0 Å². The van der Waals surface area contributed by atoms with Crippen molar-refractivity contribution in [1.82, 2.24) is 0 Å². The summed E-state index contributed by atoms with van der Waals surface area (Å²) in [4.78, 5) is 11.2. The van der Waals surface area contributed by atoms with Gasteiger partial charge in [0.1, 0.15) is 0 Å². The fraction of sp³-hybridized carbons (Fsp3) is 0.462. The summed E-state index contributed by atoms with van der Waals surface area (Å²) in [5.41, 5.74) is 1.27. The second kappa shape index (κ2) is 8.36. The minimum atomic E-state index is 0.224. The summed E-state index contributed by atoms with van der Waals surface area (Å²) < 4.78 is 5.42. The summed E-state index contributed by atoms with van der Waals surface area (Å²) in [5.74, 6) is 0.850. The predicted octanol–water partition coefficient (Wildman–Crippen LogP) is 2.92. The third-order valence-electron chi connectivity index (χ3n) is 2.13. The van der Waals surface area contributed by atoms with Crippen LogP contribution in [0.3, 0.4) is 0 Å². The lowest BCUT2D eigenvalue weighted by atomic mass is 10.2. The van der Waals surface area contributed by atoms with E-state index in [9.17, 15) is 4.79 Å². The van der Waals surface area contributed by atoms with Crippen LogP contribution in [0, 0.1) is 0 Å². The van der Waals surface area contributed by atoms with E-state index in [1.807, 2.05) is 25.1 Å². The van der Waals surface area contributed by atoms with Crippen LogP contribution in [-0.2, 0) is 16.0 Å². The van der Waals surface area contributed by atoms with Crippen LogP contribution in [0.1, 0.15) is 18.9 Å². The molecule has 0 spiro atoms. The Balaban J connectivity index is 2.02. The highest BCUT2D eigenvalue weighted by molar-refractivity contribution is 8.13. The van der Waals surface area contributed by atoms with Gasteiger partial charge in [0.25, 0.3) is 0 Å². The van der Waals surface area contributed by atoms with Crippen LogP contribution in [0.25, 0.3) is 0 Å². The van der Waals surface area contributed by atoms with Crippen LogP contribution in [0.2, 0.25) is 0 Å². The number of carbonyl (C=O) groups excluding carboxylic acids is 1. The SMILES string of the molecule is CCSC(=O)CCOCCc1ccccc1. The third-order valence-corrected chi connectivity index (χ3v) is 2.95. The Hall–Kier alpha value is -0.800. The minimum Gasteiger partial charge on any atom is -0.381 e. The highest BCUT2D eigenvalue weighted by atomic mass is 32.2. The molecule has 2 nitrogen and oxygen atoms in total. The smallest absolute Gasteiger partial charge is 0.191 e. The van der Waals surface area contributed by atoms with E-state index >= 15 is 0 Å². The van der Waals surface area contributed by atoms with E-state index in [0.717, 1.165) is 12.2 Å². The maximum absolute atomic E-state index is 11.2. The van der Waals surface area contributed by atoms with E-state index in [1.165, 1.54) is 17.3 Å². The molecular weight excluding hydrogens is 220 g/mol. The molecule has 3 heteroatoms. The molecule has 0 amide bonds. The van der Waals surface area contributed by atoms with E-state index in [1.54, 1.807) is 0 Å². The van der Waals surface area contributed by atoms with Crippen molar-refractivity contribution in [2.45, 2.75) is 19.8 Å². The van der Waals surface area contributed by atoms with Gasteiger partial charge in [-0.3, -0.25) is 4.79 Å². The van der Waals surface area contributed by atoms with Gasteiger partial charge in [-0.25, -0.2) is 0 Å². The van der Waals surface area contributed by atoms with Gasteiger partial charge in [-0.2, -0.15) is 0 Å². The lowest BCUT2D eigenvalue weighted by Crippen LogP contribution is -2.04. The molecule has 0 heterocycles. The van der Waals surface area contributed by atoms with Crippen molar-refractivity contribution in [3.05, 3.63) is 35.9 Å². The van der Waals surface area contributed by atoms with Crippen molar-refractivity contribution in [1.29, 1.82) is 0 Å². The number of carbonyl (C=O) groups is 1. The molecule has 0 saturated heterocycles. The number of ether oxygens (including phenoxy) is 1. The van der Waals surface area contributed by atoms with Crippen LogP contribution in [-0.4, -0.2) is 24.1 Å². The highest BCUT2D eigenvalue weighted by Gasteiger charge is 2.00. The van der Waals surface area contributed by atoms with Crippen LogP contribution in [0.5, 0.6) is 0 Å². The normalized spacial score (nSPS) is 10.3. The zero-order valence-corrected chi connectivity index (χ0v) is 10.5. The summed E-state index contributed by atoms with van der Waals surface area (Å²) in [6.45, 7) is 3.21. The average molecular weight is 238 g/mol. The van der Waals surface area contributed by atoms with Gasteiger partial charge in [0.15, 0.2) is 5.12 Å². The third kappa shape index (κ3) is 5.93. The predicted molar refractivity (Wildman–Crippen MR) is 68.7 cm³/mol. The summed E-state index contributed by atoms with van der Waals surface area (Å²) in [7, 11) is 0. The topological polar surface area (TPSA) is 26.3 Å².